The number of Topliss-reactive ketones (excluding diaryl/α,β-unsaturated/α-hetero) is 1. The van der Waals surface area contributed by atoms with Crippen LogP contribution in [-0.4, -0.2) is 36.5 Å². The van der Waals surface area contributed by atoms with Crippen LogP contribution in [0.3, 0.4) is 0 Å². The number of hydrogen-bond donors (Lipinski definition) is 0. The van der Waals surface area contributed by atoms with E-state index in [9.17, 15) is 22.4 Å². The van der Waals surface area contributed by atoms with Crippen LogP contribution in [0, 0.1) is 5.82 Å². The molecule has 0 bridgehead atoms. The van der Waals surface area contributed by atoms with Crippen LogP contribution in [0.25, 0.3) is 10.9 Å². The number of benzene rings is 2. The van der Waals surface area contributed by atoms with Crippen molar-refractivity contribution in [2.24, 2.45) is 0 Å². The summed E-state index contributed by atoms with van der Waals surface area (Å²) in [4.78, 5) is 24.2. The number of carbonyl (C=O) groups is 2. The van der Waals surface area contributed by atoms with Crippen LogP contribution in [0.1, 0.15) is 26.5 Å². The third-order valence-electron chi connectivity index (χ3n) is 4.66. The SMILES string of the molecule is COC(=O)c1ccc(S(=O)(=O)n2ncc3ccc(CC(=O)c4c(F)cccc4Cl)cc32)o1. The van der Waals surface area contributed by atoms with Crippen molar-refractivity contribution in [3.05, 3.63) is 82.5 Å². The van der Waals surface area contributed by atoms with E-state index in [0.717, 1.165) is 23.3 Å². The number of rotatable bonds is 6. The van der Waals surface area contributed by atoms with Gasteiger partial charge in [0, 0.05) is 11.8 Å². The zero-order chi connectivity index (χ0) is 23.0. The van der Waals surface area contributed by atoms with Crippen LogP contribution in [0.5, 0.6) is 0 Å². The number of nitrogens with zero attached hydrogens (tertiary/aromatic N) is 2. The lowest BCUT2D eigenvalue weighted by Crippen LogP contribution is -2.14. The van der Waals surface area contributed by atoms with Gasteiger partial charge in [-0.05, 0) is 35.9 Å². The topological polar surface area (TPSA) is 108 Å². The van der Waals surface area contributed by atoms with Crippen molar-refractivity contribution in [3.8, 4) is 0 Å². The molecule has 0 saturated carbocycles. The molecular formula is C21H14ClFN2O6S. The molecule has 0 aliphatic heterocycles. The van der Waals surface area contributed by atoms with Gasteiger partial charge >= 0.3 is 16.0 Å². The van der Waals surface area contributed by atoms with Gasteiger partial charge in [-0.1, -0.05) is 29.8 Å². The second-order valence-corrected chi connectivity index (χ2v) is 8.80. The summed E-state index contributed by atoms with van der Waals surface area (Å²) in [7, 11) is -3.15. The highest BCUT2D eigenvalue weighted by Gasteiger charge is 2.26. The van der Waals surface area contributed by atoms with Crippen molar-refractivity contribution in [3.63, 3.8) is 0 Å². The van der Waals surface area contributed by atoms with Crippen molar-refractivity contribution in [2.45, 2.75) is 11.5 Å². The largest absolute Gasteiger partial charge is 0.463 e. The molecule has 8 nitrogen and oxygen atoms in total. The van der Waals surface area contributed by atoms with Crippen LogP contribution in [0.2, 0.25) is 5.02 Å². The van der Waals surface area contributed by atoms with Crippen LogP contribution in [0.4, 0.5) is 4.39 Å². The molecule has 0 N–H and O–H groups in total. The third kappa shape index (κ3) is 3.78. The van der Waals surface area contributed by atoms with Crippen molar-refractivity contribution in [1.29, 1.82) is 0 Å². The summed E-state index contributed by atoms with van der Waals surface area (Å²) >= 11 is 5.96. The molecule has 0 fully saturated rings. The van der Waals surface area contributed by atoms with Crippen LogP contribution >= 0.6 is 11.6 Å². The molecule has 0 aliphatic rings. The Bertz CT molecular complexity index is 1450. The smallest absolute Gasteiger partial charge is 0.374 e. The van der Waals surface area contributed by atoms with Crippen molar-refractivity contribution in [1.82, 2.24) is 9.19 Å². The van der Waals surface area contributed by atoms with Gasteiger partial charge in [0.25, 0.3) is 0 Å². The van der Waals surface area contributed by atoms with Gasteiger partial charge in [0.15, 0.2) is 5.78 Å². The molecule has 4 aromatic rings. The minimum Gasteiger partial charge on any atom is -0.463 e. The van der Waals surface area contributed by atoms with Gasteiger partial charge in [0.05, 0.1) is 29.4 Å². The fourth-order valence-corrected chi connectivity index (χ4v) is 4.60. The minimum atomic E-state index is -4.29. The molecule has 164 valence electrons. The molecule has 0 saturated heterocycles. The number of halogens is 2. The fourth-order valence-electron chi connectivity index (χ4n) is 3.13. The van der Waals surface area contributed by atoms with Gasteiger partial charge in [-0.2, -0.15) is 17.6 Å². The summed E-state index contributed by atoms with van der Waals surface area (Å²) in [6.45, 7) is 0. The Balaban J connectivity index is 1.71. The van der Waals surface area contributed by atoms with Gasteiger partial charge in [-0.3, -0.25) is 4.79 Å². The number of fused-ring (bicyclic) bond motifs is 1. The Hall–Kier alpha value is -3.50. The van der Waals surface area contributed by atoms with Gasteiger partial charge in [-0.25, -0.2) is 9.18 Å². The first kappa shape index (κ1) is 21.7. The summed E-state index contributed by atoms with van der Waals surface area (Å²) in [6, 6.07) is 10.9. The lowest BCUT2D eigenvalue weighted by molar-refractivity contribution is 0.0558. The van der Waals surface area contributed by atoms with Crippen molar-refractivity contribution >= 4 is 44.3 Å². The van der Waals surface area contributed by atoms with Crippen LogP contribution < -0.4 is 0 Å². The predicted molar refractivity (Wildman–Crippen MR) is 112 cm³/mol. The molecule has 32 heavy (non-hydrogen) atoms. The first-order chi connectivity index (χ1) is 15.2. The van der Waals surface area contributed by atoms with Crippen molar-refractivity contribution in [2.75, 3.05) is 7.11 Å². The molecule has 2 aromatic carbocycles. The number of methoxy groups -OCH3 is 1. The van der Waals surface area contributed by atoms with Crippen LogP contribution in [0.15, 0.2) is 64.2 Å². The Labute approximate surface area is 186 Å². The molecule has 0 aliphatic carbocycles. The summed E-state index contributed by atoms with van der Waals surface area (Å²) in [5, 5.41) is 3.87. The van der Waals surface area contributed by atoms with E-state index in [2.05, 4.69) is 9.84 Å². The molecule has 2 heterocycles. The van der Waals surface area contributed by atoms with E-state index in [-0.39, 0.29) is 28.3 Å². The molecule has 2 aromatic heterocycles. The summed E-state index contributed by atoms with van der Waals surface area (Å²) in [6.07, 6.45) is 1.12. The normalized spacial score (nSPS) is 11.6. The van der Waals surface area contributed by atoms with E-state index in [0.29, 0.717) is 10.9 Å². The first-order valence-corrected chi connectivity index (χ1v) is 10.9. The standard InChI is InChI=1S/C21H14ClFN2O6S/c1-30-21(27)18-7-8-19(31-18)32(28,29)25-16-9-12(5-6-13(16)11-24-25)10-17(26)20-14(22)3-2-4-15(20)23/h2-9,11H,10H2,1H3. The average Bonchev–Trinajstić information content (AvgIpc) is 3.41. The van der Waals surface area contributed by atoms with E-state index in [4.69, 9.17) is 16.0 Å². The highest BCUT2D eigenvalue weighted by molar-refractivity contribution is 7.89. The van der Waals surface area contributed by atoms with E-state index in [1.165, 1.54) is 30.5 Å². The Morgan fingerprint density at radius 1 is 1.19 bits per heavy atom. The maximum absolute atomic E-state index is 14.1. The number of ether oxygens (including phenoxy) is 1. The van der Waals surface area contributed by atoms with Gasteiger partial charge in [0.1, 0.15) is 5.82 Å². The fraction of sp³-hybridized carbons (Fsp3) is 0.0952. The Morgan fingerprint density at radius 2 is 1.97 bits per heavy atom. The van der Waals surface area contributed by atoms with E-state index < -0.39 is 32.7 Å². The number of hydrogen-bond acceptors (Lipinski definition) is 7. The molecular weight excluding hydrogens is 463 g/mol. The van der Waals surface area contributed by atoms with Gasteiger partial charge in [0.2, 0.25) is 10.9 Å². The van der Waals surface area contributed by atoms with E-state index >= 15 is 0 Å². The Kier molecular flexibility index (Phi) is 5.57. The van der Waals surface area contributed by atoms with Gasteiger partial charge in [-0.15, -0.1) is 0 Å². The summed E-state index contributed by atoms with van der Waals surface area (Å²) < 4.78 is 50.4. The molecule has 11 heteroatoms. The maximum atomic E-state index is 14.1. The lowest BCUT2D eigenvalue weighted by Gasteiger charge is -2.07. The number of aromatic nitrogens is 2. The average molecular weight is 477 g/mol. The number of esters is 1. The van der Waals surface area contributed by atoms with Crippen LogP contribution in [-0.2, 0) is 21.2 Å². The highest BCUT2D eigenvalue weighted by atomic mass is 35.5. The molecule has 0 radical (unpaired) electrons. The Morgan fingerprint density at radius 3 is 2.69 bits per heavy atom. The second kappa shape index (κ2) is 8.21. The number of carbonyl (C=O) groups excluding carboxylic acids is 2. The van der Waals surface area contributed by atoms with Crippen molar-refractivity contribution < 1.29 is 31.6 Å². The summed E-state index contributed by atoms with van der Waals surface area (Å²) in [5.41, 5.74) is 0.362. The molecule has 0 amide bonds. The third-order valence-corrected chi connectivity index (χ3v) is 6.45. The predicted octanol–water partition coefficient (Wildman–Crippen LogP) is 3.87. The maximum Gasteiger partial charge on any atom is 0.374 e. The second-order valence-electron chi connectivity index (χ2n) is 6.69. The summed E-state index contributed by atoms with van der Waals surface area (Å²) in [5.74, 6) is -2.41. The lowest BCUT2D eigenvalue weighted by atomic mass is 10.0. The zero-order valence-corrected chi connectivity index (χ0v) is 18.0. The van der Waals surface area contributed by atoms with E-state index in [1.54, 1.807) is 12.1 Å². The minimum absolute atomic E-state index is 0.0112. The molecule has 0 unspecified atom stereocenters. The monoisotopic (exact) mass is 476 g/mol. The molecule has 0 spiro atoms. The number of ketones is 1. The number of furan rings is 1. The quantitative estimate of drug-likeness (QED) is 0.307. The van der Waals surface area contributed by atoms with Gasteiger partial charge < -0.3 is 9.15 Å². The molecule has 0 atom stereocenters. The zero-order valence-electron chi connectivity index (χ0n) is 16.4. The van der Waals surface area contributed by atoms with E-state index in [1.807, 2.05) is 0 Å². The highest BCUT2D eigenvalue weighted by Crippen LogP contribution is 2.25. The molecule has 4 rings (SSSR count). The first-order valence-electron chi connectivity index (χ1n) is 9.10.